The highest BCUT2D eigenvalue weighted by Crippen LogP contribution is 2.31. The van der Waals surface area contributed by atoms with Gasteiger partial charge in [-0.15, -0.1) is 6.42 Å². The minimum atomic E-state index is 0.0967. The average molecular weight is 256 g/mol. The molecule has 0 bridgehead atoms. The van der Waals surface area contributed by atoms with Crippen LogP contribution in [0.5, 0.6) is 0 Å². The Bertz CT molecular complexity index is 449. The normalized spacial score (nSPS) is 15.5. The van der Waals surface area contributed by atoms with Gasteiger partial charge in [-0.3, -0.25) is 4.90 Å². The standard InChI is InChI=1S/C17H24N2/c1-4-11-19(12-14-5-6-14)13-17(2,3)15-7-9-16(18)10-8-15/h1,7-10,14H,5-6,11-13,18H2,2-3H3. The fraction of sp³-hybridized carbons (Fsp3) is 0.529. The van der Waals surface area contributed by atoms with Gasteiger partial charge < -0.3 is 5.73 Å². The van der Waals surface area contributed by atoms with Crippen LogP contribution in [-0.4, -0.2) is 24.5 Å². The Morgan fingerprint density at radius 2 is 1.95 bits per heavy atom. The first-order chi connectivity index (χ1) is 9.01. The number of rotatable bonds is 6. The number of terminal acetylenes is 1. The smallest absolute Gasteiger partial charge is 0.0599 e. The zero-order valence-corrected chi connectivity index (χ0v) is 12.0. The van der Waals surface area contributed by atoms with Crippen LogP contribution in [0.1, 0.15) is 32.3 Å². The summed E-state index contributed by atoms with van der Waals surface area (Å²) in [6, 6.07) is 8.20. The predicted molar refractivity (Wildman–Crippen MR) is 81.9 cm³/mol. The molecule has 1 aliphatic carbocycles. The van der Waals surface area contributed by atoms with Crippen molar-refractivity contribution in [3.05, 3.63) is 29.8 Å². The van der Waals surface area contributed by atoms with Crippen molar-refractivity contribution in [2.75, 3.05) is 25.4 Å². The van der Waals surface area contributed by atoms with Gasteiger partial charge in [0.15, 0.2) is 0 Å². The minimum Gasteiger partial charge on any atom is -0.399 e. The summed E-state index contributed by atoms with van der Waals surface area (Å²) in [5, 5.41) is 0. The van der Waals surface area contributed by atoms with Crippen LogP contribution in [0.2, 0.25) is 0 Å². The summed E-state index contributed by atoms with van der Waals surface area (Å²) in [7, 11) is 0. The maximum absolute atomic E-state index is 5.76. The summed E-state index contributed by atoms with van der Waals surface area (Å²) in [4.78, 5) is 2.41. The molecule has 0 atom stereocenters. The Labute approximate surface area is 117 Å². The second kappa shape index (κ2) is 5.67. The molecular weight excluding hydrogens is 232 g/mol. The zero-order valence-electron chi connectivity index (χ0n) is 12.0. The molecule has 0 unspecified atom stereocenters. The molecule has 1 aromatic carbocycles. The van der Waals surface area contributed by atoms with E-state index in [-0.39, 0.29) is 5.41 Å². The van der Waals surface area contributed by atoms with Crippen molar-refractivity contribution in [2.24, 2.45) is 5.92 Å². The molecule has 1 saturated carbocycles. The maximum atomic E-state index is 5.76. The van der Waals surface area contributed by atoms with Crippen LogP contribution in [0, 0.1) is 18.3 Å². The van der Waals surface area contributed by atoms with Crippen LogP contribution in [-0.2, 0) is 5.41 Å². The summed E-state index contributed by atoms with van der Waals surface area (Å²) >= 11 is 0. The van der Waals surface area contributed by atoms with Crippen LogP contribution in [0.4, 0.5) is 5.69 Å². The van der Waals surface area contributed by atoms with Gasteiger partial charge >= 0.3 is 0 Å². The second-order valence-corrected chi connectivity index (χ2v) is 6.32. The molecule has 102 valence electrons. The van der Waals surface area contributed by atoms with Gasteiger partial charge in [-0.1, -0.05) is 31.9 Å². The number of nitrogens with zero attached hydrogens (tertiary/aromatic N) is 1. The second-order valence-electron chi connectivity index (χ2n) is 6.32. The highest BCUT2D eigenvalue weighted by molar-refractivity contribution is 5.41. The van der Waals surface area contributed by atoms with Crippen LogP contribution >= 0.6 is 0 Å². The quantitative estimate of drug-likeness (QED) is 0.626. The van der Waals surface area contributed by atoms with E-state index in [1.54, 1.807) is 0 Å². The van der Waals surface area contributed by atoms with Crippen LogP contribution in [0.15, 0.2) is 24.3 Å². The highest BCUT2D eigenvalue weighted by atomic mass is 15.1. The van der Waals surface area contributed by atoms with Gasteiger partial charge in [-0.05, 0) is 36.5 Å². The molecule has 2 heteroatoms. The molecule has 2 nitrogen and oxygen atoms in total. The van der Waals surface area contributed by atoms with Crippen molar-refractivity contribution in [2.45, 2.75) is 32.1 Å². The van der Waals surface area contributed by atoms with Crippen LogP contribution in [0.3, 0.4) is 0 Å². The molecule has 1 fully saturated rings. The lowest BCUT2D eigenvalue weighted by Gasteiger charge is -2.32. The van der Waals surface area contributed by atoms with Gasteiger partial charge in [0.25, 0.3) is 0 Å². The third kappa shape index (κ3) is 4.01. The van der Waals surface area contributed by atoms with E-state index in [0.29, 0.717) is 0 Å². The highest BCUT2D eigenvalue weighted by Gasteiger charge is 2.28. The summed E-state index contributed by atoms with van der Waals surface area (Å²) in [5.41, 5.74) is 7.99. The molecule has 0 radical (unpaired) electrons. The number of hydrogen-bond acceptors (Lipinski definition) is 2. The Morgan fingerprint density at radius 1 is 1.32 bits per heavy atom. The van der Waals surface area contributed by atoms with Crippen molar-refractivity contribution >= 4 is 5.69 Å². The van der Waals surface area contributed by atoms with Crippen molar-refractivity contribution in [3.8, 4) is 12.3 Å². The Hall–Kier alpha value is -1.46. The van der Waals surface area contributed by atoms with Crippen LogP contribution < -0.4 is 5.73 Å². The molecule has 0 spiro atoms. The number of hydrogen-bond donors (Lipinski definition) is 1. The molecule has 0 saturated heterocycles. The number of anilines is 1. The van der Waals surface area contributed by atoms with E-state index in [4.69, 9.17) is 12.2 Å². The molecule has 2 rings (SSSR count). The average Bonchev–Trinajstić information content (AvgIpc) is 3.13. The SMILES string of the molecule is C#CCN(CC1CC1)CC(C)(C)c1ccc(N)cc1. The molecule has 2 N–H and O–H groups in total. The van der Waals surface area contributed by atoms with Crippen molar-refractivity contribution in [1.29, 1.82) is 0 Å². The number of nitrogen functional groups attached to an aromatic ring is 1. The lowest BCUT2D eigenvalue weighted by molar-refractivity contribution is 0.239. The summed E-state index contributed by atoms with van der Waals surface area (Å²) in [6.45, 7) is 7.43. The van der Waals surface area contributed by atoms with E-state index in [1.165, 1.54) is 18.4 Å². The zero-order chi connectivity index (χ0) is 13.9. The van der Waals surface area contributed by atoms with E-state index in [0.717, 1.165) is 31.2 Å². The summed E-state index contributed by atoms with van der Waals surface area (Å²) < 4.78 is 0. The van der Waals surface area contributed by atoms with Crippen molar-refractivity contribution in [1.82, 2.24) is 4.90 Å². The number of benzene rings is 1. The topological polar surface area (TPSA) is 29.3 Å². The van der Waals surface area contributed by atoms with E-state index in [9.17, 15) is 0 Å². The lowest BCUT2D eigenvalue weighted by atomic mass is 9.84. The van der Waals surface area contributed by atoms with Gasteiger partial charge in [0.2, 0.25) is 0 Å². The molecule has 19 heavy (non-hydrogen) atoms. The van der Waals surface area contributed by atoms with Gasteiger partial charge in [0.05, 0.1) is 6.54 Å². The van der Waals surface area contributed by atoms with Crippen LogP contribution in [0.25, 0.3) is 0 Å². The molecular formula is C17H24N2. The first-order valence-electron chi connectivity index (χ1n) is 7.03. The molecule has 0 aromatic heterocycles. The fourth-order valence-corrected chi connectivity index (χ4v) is 2.56. The summed E-state index contributed by atoms with van der Waals surface area (Å²) in [6.07, 6.45) is 8.22. The minimum absolute atomic E-state index is 0.0967. The van der Waals surface area contributed by atoms with Gasteiger partial charge in [0.1, 0.15) is 0 Å². The van der Waals surface area contributed by atoms with Crippen molar-refractivity contribution in [3.63, 3.8) is 0 Å². The fourth-order valence-electron chi connectivity index (χ4n) is 2.56. The van der Waals surface area contributed by atoms with Gasteiger partial charge in [-0.2, -0.15) is 0 Å². The van der Waals surface area contributed by atoms with Gasteiger partial charge in [0, 0.05) is 24.2 Å². The Balaban J connectivity index is 2.04. The first kappa shape index (κ1) is 14.0. The number of nitrogens with two attached hydrogens (primary N) is 1. The van der Waals surface area contributed by atoms with E-state index in [1.807, 2.05) is 12.1 Å². The van der Waals surface area contributed by atoms with Gasteiger partial charge in [-0.25, -0.2) is 0 Å². The monoisotopic (exact) mass is 256 g/mol. The third-order valence-corrected chi connectivity index (χ3v) is 3.84. The molecule has 0 aliphatic heterocycles. The molecule has 0 heterocycles. The van der Waals surface area contributed by atoms with E-state index >= 15 is 0 Å². The molecule has 1 aromatic rings. The maximum Gasteiger partial charge on any atom is 0.0599 e. The largest absolute Gasteiger partial charge is 0.399 e. The molecule has 0 amide bonds. The Kier molecular flexibility index (Phi) is 4.17. The Morgan fingerprint density at radius 3 is 2.47 bits per heavy atom. The first-order valence-corrected chi connectivity index (χ1v) is 7.03. The van der Waals surface area contributed by atoms with E-state index in [2.05, 4.69) is 36.8 Å². The third-order valence-electron chi connectivity index (χ3n) is 3.84. The van der Waals surface area contributed by atoms with E-state index < -0.39 is 0 Å². The molecule has 1 aliphatic rings. The van der Waals surface area contributed by atoms with Crippen molar-refractivity contribution < 1.29 is 0 Å². The summed E-state index contributed by atoms with van der Waals surface area (Å²) in [5.74, 6) is 3.66. The lowest BCUT2D eigenvalue weighted by Crippen LogP contribution is -2.38. The predicted octanol–water partition coefficient (Wildman–Crippen LogP) is 2.89.